The number of likely N-dealkylation sites (tertiary alicyclic amines) is 1. The molecule has 0 spiro atoms. The Morgan fingerprint density at radius 3 is 2.67 bits per heavy atom. The summed E-state index contributed by atoms with van der Waals surface area (Å²) in [6.45, 7) is 1.89. The van der Waals surface area contributed by atoms with Crippen molar-refractivity contribution in [2.45, 2.75) is 26.2 Å². The molecule has 9 heteroatoms. The van der Waals surface area contributed by atoms with E-state index in [0.717, 1.165) is 12.8 Å². The van der Waals surface area contributed by atoms with Crippen LogP contribution >= 0.6 is 0 Å². The maximum absolute atomic E-state index is 13.6. The number of anilines is 1. The molecule has 1 aromatic rings. The lowest BCUT2D eigenvalue weighted by atomic mass is 9.81. The Kier molecular flexibility index (Phi) is 5.03. The molecule has 146 valence electrons. The largest absolute Gasteiger partial charge is 0.481 e. The number of hydrogen-bond acceptors (Lipinski definition) is 4. The Balaban J connectivity index is 1.81. The molecule has 0 bridgehead atoms. The summed E-state index contributed by atoms with van der Waals surface area (Å²) in [7, 11) is 0. The number of aliphatic carboxylic acids is 1. The fourth-order valence-corrected chi connectivity index (χ4v) is 4.02. The first-order chi connectivity index (χ1) is 12.8. The molecule has 27 heavy (non-hydrogen) atoms. The summed E-state index contributed by atoms with van der Waals surface area (Å²) in [5, 5.41) is 12.0. The van der Waals surface area contributed by atoms with E-state index in [1.54, 1.807) is 6.92 Å². The summed E-state index contributed by atoms with van der Waals surface area (Å²) in [5.74, 6) is -4.43. The number of fused-ring (bicyclic) bond motifs is 1. The van der Waals surface area contributed by atoms with E-state index in [1.165, 1.54) is 4.90 Å². The first kappa shape index (κ1) is 19.1. The first-order valence-electron chi connectivity index (χ1n) is 8.74. The van der Waals surface area contributed by atoms with E-state index in [1.807, 2.05) is 0 Å². The summed E-state index contributed by atoms with van der Waals surface area (Å²) < 4.78 is 32.0. The predicted octanol–water partition coefficient (Wildman–Crippen LogP) is 2.86. The fraction of sp³-hybridized carbons (Fsp3) is 0.500. The highest BCUT2D eigenvalue weighted by Gasteiger charge is 2.55. The van der Waals surface area contributed by atoms with Gasteiger partial charge in [-0.15, -0.1) is 0 Å². The molecule has 1 heterocycles. The highest BCUT2D eigenvalue weighted by atomic mass is 19.2. The molecule has 1 aromatic carbocycles. The fourth-order valence-electron chi connectivity index (χ4n) is 4.02. The van der Waals surface area contributed by atoms with Crippen LogP contribution in [0.5, 0.6) is 0 Å². The van der Waals surface area contributed by atoms with Gasteiger partial charge in [0.1, 0.15) is 0 Å². The number of carbonyl (C=O) groups is 3. The van der Waals surface area contributed by atoms with Crippen LogP contribution in [0.2, 0.25) is 0 Å². The highest BCUT2D eigenvalue weighted by Crippen LogP contribution is 2.49. The summed E-state index contributed by atoms with van der Waals surface area (Å²) >= 11 is 0. The van der Waals surface area contributed by atoms with E-state index in [9.17, 15) is 28.3 Å². The standard InChI is InChI=1S/C18H20F2N2O5/c1-2-27-15(23)11-6-12(19)13(20)7-14(11)21-17(26)22-8-10-4-3-5-18(10,9-22)16(24)25/h6-7,10H,2-5,8-9H2,1H3,(H,21,26)(H,24,25)/t10-,18+/m0/s1. The van der Waals surface area contributed by atoms with Crippen LogP contribution in [-0.2, 0) is 9.53 Å². The summed E-state index contributed by atoms with van der Waals surface area (Å²) in [4.78, 5) is 37.6. The number of hydrogen-bond donors (Lipinski definition) is 2. The zero-order valence-electron chi connectivity index (χ0n) is 14.8. The van der Waals surface area contributed by atoms with Gasteiger partial charge in [-0.05, 0) is 31.7 Å². The van der Waals surface area contributed by atoms with Gasteiger partial charge in [-0.1, -0.05) is 6.42 Å². The Labute approximate surface area is 154 Å². The number of esters is 1. The van der Waals surface area contributed by atoms with Crippen molar-refractivity contribution < 1.29 is 33.0 Å². The molecule has 2 amide bonds. The van der Waals surface area contributed by atoms with Crippen molar-refractivity contribution in [3.63, 3.8) is 0 Å². The third-order valence-corrected chi connectivity index (χ3v) is 5.38. The van der Waals surface area contributed by atoms with Gasteiger partial charge >= 0.3 is 18.0 Å². The summed E-state index contributed by atoms with van der Waals surface area (Å²) in [6, 6.07) is 0.714. The predicted molar refractivity (Wildman–Crippen MR) is 90.3 cm³/mol. The lowest BCUT2D eigenvalue weighted by Crippen LogP contribution is -2.39. The molecule has 2 N–H and O–H groups in total. The number of nitrogens with zero attached hydrogens (tertiary/aromatic N) is 1. The van der Waals surface area contributed by atoms with Gasteiger partial charge in [-0.25, -0.2) is 18.4 Å². The topological polar surface area (TPSA) is 95.9 Å². The molecule has 2 atom stereocenters. The molecule has 3 rings (SSSR count). The number of carboxylic acids is 1. The van der Waals surface area contributed by atoms with Gasteiger partial charge in [0.2, 0.25) is 0 Å². The van der Waals surface area contributed by atoms with Crippen molar-refractivity contribution in [2.75, 3.05) is 25.0 Å². The molecule has 2 fully saturated rings. The normalized spacial score (nSPS) is 23.8. The van der Waals surface area contributed by atoms with E-state index in [-0.39, 0.29) is 36.9 Å². The third kappa shape index (κ3) is 3.33. The van der Waals surface area contributed by atoms with Crippen LogP contribution in [0.25, 0.3) is 0 Å². The van der Waals surface area contributed by atoms with Gasteiger partial charge in [0, 0.05) is 19.2 Å². The van der Waals surface area contributed by atoms with Crippen LogP contribution in [0, 0.1) is 23.0 Å². The van der Waals surface area contributed by atoms with E-state index >= 15 is 0 Å². The minimum absolute atomic E-state index is 0.0279. The summed E-state index contributed by atoms with van der Waals surface area (Å²) in [6.07, 6.45) is 2.01. The number of rotatable bonds is 4. The van der Waals surface area contributed by atoms with Crippen LogP contribution in [0.1, 0.15) is 36.5 Å². The number of urea groups is 1. The second-order valence-electron chi connectivity index (χ2n) is 6.89. The van der Waals surface area contributed by atoms with Crippen molar-refractivity contribution in [3.05, 3.63) is 29.3 Å². The van der Waals surface area contributed by atoms with Crippen LogP contribution in [0.15, 0.2) is 12.1 Å². The average molecular weight is 382 g/mol. The van der Waals surface area contributed by atoms with Gasteiger partial charge < -0.3 is 20.1 Å². The zero-order valence-corrected chi connectivity index (χ0v) is 14.8. The molecule has 0 aromatic heterocycles. The number of benzene rings is 1. The molecular weight excluding hydrogens is 362 g/mol. The van der Waals surface area contributed by atoms with Crippen molar-refractivity contribution in [1.82, 2.24) is 4.90 Å². The van der Waals surface area contributed by atoms with Crippen LogP contribution < -0.4 is 5.32 Å². The van der Waals surface area contributed by atoms with Crippen molar-refractivity contribution >= 4 is 23.7 Å². The molecule has 1 aliphatic carbocycles. The minimum Gasteiger partial charge on any atom is -0.481 e. The number of halogens is 2. The van der Waals surface area contributed by atoms with E-state index in [4.69, 9.17) is 4.74 Å². The molecule has 1 aliphatic heterocycles. The Morgan fingerprint density at radius 2 is 2.04 bits per heavy atom. The summed E-state index contributed by atoms with van der Waals surface area (Å²) in [5.41, 5.74) is -1.50. The number of ether oxygens (including phenoxy) is 1. The zero-order chi connectivity index (χ0) is 19.8. The molecule has 0 radical (unpaired) electrons. The van der Waals surface area contributed by atoms with Gasteiger partial charge in [0.25, 0.3) is 0 Å². The average Bonchev–Trinajstić information content (AvgIpc) is 3.16. The van der Waals surface area contributed by atoms with Crippen molar-refractivity contribution in [3.8, 4) is 0 Å². The SMILES string of the molecule is CCOC(=O)c1cc(F)c(F)cc1NC(=O)N1C[C@@H]2CCC[C@@]2(C(=O)O)C1. The van der Waals surface area contributed by atoms with E-state index in [0.29, 0.717) is 18.6 Å². The number of nitrogens with one attached hydrogen (secondary N) is 1. The van der Waals surface area contributed by atoms with Crippen molar-refractivity contribution in [2.24, 2.45) is 11.3 Å². The lowest BCUT2D eigenvalue weighted by Gasteiger charge is -2.23. The second kappa shape index (κ2) is 7.13. The second-order valence-corrected chi connectivity index (χ2v) is 6.89. The molecule has 1 saturated carbocycles. The quantitative estimate of drug-likeness (QED) is 0.781. The van der Waals surface area contributed by atoms with Crippen LogP contribution in [0.3, 0.4) is 0 Å². The van der Waals surface area contributed by atoms with Crippen LogP contribution in [-0.4, -0.2) is 47.7 Å². The van der Waals surface area contributed by atoms with E-state index < -0.39 is 35.0 Å². The van der Waals surface area contributed by atoms with E-state index in [2.05, 4.69) is 5.32 Å². The number of amides is 2. The molecule has 1 saturated heterocycles. The van der Waals surface area contributed by atoms with Crippen LogP contribution in [0.4, 0.5) is 19.3 Å². The Hall–Kier alpha value is -2.71. The van der Waals surface area contributed by atoms with Gasteiger partial charge in [-0.2, -0.15) is 0 Å². The number of carboxylic acid groups (broad SMARTS) is 1. The third-order valence-electron chi connectivity index (χ3n) is 5.38. The molecule has 7 nitrogen and oxygen atoms in total. The molecule has 2 aliphatic rings. The van der Waals surface area contributed by atoms with Gasteiger partial charge in [0.05, 0.1) is 23.3 Å². The maximum Gasteiger partial charge on any atom is 0.340 e. The highest BCUT2D eigenvalue weighted by molar-refractivity contribution is 6.01. The smallest absolute Gasteiger partial charge is 0.340 e. The monoisotopic (exact) mass is 382 g/mol. The Morgan fingerprint density at radius 1 is 1.33 bits per heavy atom. The van der Waals surface area contributed by atoms with Crippen molar-refractivity contribution in [1.29, 1.82) is 0 Å². The maximum atomic E-state index is 13.6. The minimum atomic E-state index is -1.24. The molecule has 0 unspecified atom stereocenters. The van der Waals surface area contributed by atoms with Gasteiger partial charge in [-0.3, -0.25) is 4.79 Å². The first-order valence-corrected chi connectivity index (χ1v) is 8.74. The molecular formula is C18H20F2N2O5. The lowest BCUT2D eigenvalue weighted by molar-refractivity contribution is -0.149. The van der Waals surface area contributed by atoms with Gasteiger partial charge in [0.15, 0.2) is 11.6 Å². The Bertz CT molecular complexity index is 800. The number of carbonyl (C=O) groups excluding carboxylic acids is 2.